The molecule has 4 aliphatic rings. The van der Waals surface area contributed by atoms with Gasteiger partial charge in [-0.05, 0) is 78.7 Å². The quantitative estimate of drug-likeness (QED) is 0.470. The molecule has 0 amide bonds. The highest BCUT2D eigenvalue weighted by atomic mass is 16.5. The fourth-order valence-electron chi connectivity index (χ4n) is 6.52. The van der Waals surface area contributed by atoms with E-state index in [4.69, 9.17) is 14.7 Å². The van der Waals surface area contributed by atoms with E-state index in [1.807, 2.05) is 24.3 Å². The van der Waals surface area contributed by atoms with Crippen LogP contribution in [0.1, 0.15) is 57.6 Å². The fraction of sp³-hybridized carbons (Fsp3) is 0.419. The number of fused-ring (bicyclic) bond motifs is 4. The van der Waals surface area contributed by atoms with Gasteiger partial charge in [0.2, 0.25) is 5.88 Å². The Kier molecular flexibility index (Phi) is 6.05. The molecule has 1 fully saturated rings. The Morgan fingerprint density at radius 3 is 2.69 bits per heavy atom. The molecular weight excluding hydrogens is 432 g/mol. The summed E-state index contributed by atoms with van der Waals surface area (Å²) in [5.41, 5.74) is 6.03. The van der Waals surface area contributed by atoms with Crippen molar-refractivity contribution in [2.24, 2.45) is 23.7 Å². The minimum Gasteiger partial charge on any atom is -0.507 e. The number of ether oxygens (including phenoxy) is 1. The van der Waals surface area contributed by atoms with Crippen molar-refractivity contribution in [3.05, 3.63) is 77.6 Å². The van der Waals surface area contributed by atoms with Gasteiger partial charge in [-0.2, -0.15) is 4.98 Å². The second-order valence-corrected chi connectivity index (χ2v) is 10.3. The maximum atomic E-state index is 10.5. The summed E-state index contributed by atoms with van der Waals surface area (Å²) in [5.74, 6) is 3.41. The van der Waals surface area contributed by atoms with Crippen LogP contribution in [0.15, 0.2) is 71.9 Å². The molecule has 1 saturated carbocycles. The van der Waals surface area contributed by atoms with Gasteiger partial charge in [-0.15, -0.1) is 0 Å². The van der Waals surface area contributed by atoms with Gasteiger partial charge >= 0.3 is 0 Å². The molecule has 1 N–H and O–H groups in total. The van der Waals surface area contributed by atoms with Gasteiger partial charge in [-0.1, -0.05) is 62.3 Å². The summed E-state index contributed by atoms with van der Waals surface area (Å²) >= 11 is 0. The van der Waals surface area contributed by atoms with E-state index in [0.29, 0.717) is 47.5 Å². The Morgan fingerprint density at radius 1 is 0.971 bits per heavy atom. The zero-order valence-corrected chi connectivity index (χ0v) is 20.5. The van der Waals surface area contributed by atoms with Gasteiger partial charge in [0.25, 0.3) is 0 Å². The summed E-state index contributed by atoms with van der Waals surface area (Å²) in [7, 11) is 0. The number of aromatic nitrogens is 2. The van der Waals surface area contributed by atoms with Crippen LogP contribution in [0.4, 0.5) is 0 Å². The van der Waals surface area contributed by atoms with E-state index in [-0.39, 0.29) is 5.75 Å². The standard InChI is InChI=1S/C31H34N2O2/c1-2-17-35-30-19-28(32-31(33-30)25-13-7-8-14-29(25)34)27-18-26-21-10-4-3-9-20(21)15-16-24(26)22-11-5-6-12-23(22)27/h3,7-9,13-16,18-23,34H,2,4-6,10-12,17H2,1H3. The van der Waals surface area contributed by atoms with Gasteiger partial charge in [0, 0.05) is 12.0 Å². The van der Waals surface area contributed by atoms with Crippen LogP contribution < -0.4 is 4.74 Å². The summed E-state index contributed by atoms with van der Waals surface area (Å²) in [4.78, 5) is 9.75. The first kappa shape index (κ1) is 22.3. The topological polar surface area (TPSA) is 55.2 Å². The van der Waals surface area contributed by atoms with E-state index in [9.17, 15) is 5.11 Å². The van der Waals surface area contributed by atoms with Crippen molar-refractivity contribution < 1.29 is 9.84 Å². The molecule has 2 aromatic rings. The molecule has 4 unspecified atom stereocenters. The van der Waals surface area contributed by atoms with E-state index in [1.54, 1.807) is 11.6 Å². The molecule has 0 saturated heterocycles. The number of hydrogen-bond acceptors (Lipinski definition) is 4. The van der Waals surface area contributed by atoms with E-state index < -0.39 is 0 Å². The smallest absolute Gasteiger partial charge is 0.217 e. The number of allylic oxidation sites excluding steroid dienone is 8. The Labute approximate surface area is 208 Å². The highest BCUT2D eigenvalue weighted by Crippen LogP contribution is 2.52. The summed E-state index contributed by atoms with van der Waals surface area (Å²) in [5, 5.41) is 10.5. The average molecular weight is 467 g/mol. The molecule has 1 heterocycles. The Hall–Kier alpha value is -3.14. The fourth-order valence-corrected chi connectivity index (χ4v) is 6.52. The second-order valence-electron chi connectivity index (χ2n) is 10.3. The average Bonchev–Trinajstić information content (AvgIpc) is 2.91. The predicted molar refractivity (Wildman–Crippen MR) is 140 cm³/mol. The third-order valence-corrected chi connectivity index (χ3v) is 8.17. The lowest BCUT2D eigenvalue weighted by atomic mass is 9.62. The monoisotopic (exact) mass is 466 g/mol. The van der Waals surface area contributed by atoms with Gasteiger partial charge in [0.1, 0.15) is 5.75 Å². The summed E-state index contributed by atoms with van der Waals surface area (Å²) in [6.45, 7) is 2.71. The molecule has 4 nitrogen and oxygen atoms in total. The molecule has 4 atom stereocenters. The number of phenols is 1. The molecule has 35 heavy (non-hydrogen) atoms. The number of hydrogen-bond donors (Lipinski definition) is 1. The molecule has 180 valence electrons. The Bertz CT molecular complexity index is 1240. The van der Waals surface area contributed by atoms with Crippen LogP contribution >= 0.6 is 0 Å². The van der Waals surface area contributed by atoms with Crippen LogP contribution in [0.3, 0.4) is 0 Å². The van der Waals surface area contributed by atoms with Crippen molar-refractivity contribution in [2.45, 2.75) is 51.9 Å². The molecule has 0 radical (unpaired) electrons. The number of aromatic hydroxyl groups is 1. The Morgan fingerprint density at radius 2 is 1.83 bits per heavy atom. The summed E-state index contributed by atoms with van der Waals surface area (Å²) < 4.78 is 6.02. The van der Waals surface area contributed by atoms with Crippen LogP contribution in [-0.4, -0.2) is 21.7 Å². The van der Waals surface area contributed by atoms with E-state index in [1.165, 1.54) is 43.3 Å². The van der Waals surface area contributed by atoms with Gasteiger partial charge in [0.05, 0.1) is 17.9 Å². The second kappa shape index (κ2) is 9.49. The van der Waals surface area contributed by atoms with Crippen LogP contribution in [0.5, 0.6) is 11.6 Å². The Balaban J connectivity index is 1.49. The number of rotatable bonds is 5. The normalized spacial score (nSPS) is 27.1. The van der Waals surface area contributed by atoms with Gasteiger partial charge in [0.15, 0.2) is 5.82 Å². The minimum absolute atomic E-state index is 0.193. The first-order valence-electron chi connectivity index (χ1n) is 13.3. The lowest BCUT2D eigenvalue weighted by Gasteiger charge is -2.43. The SMILES string of the molecule is CCCOc1cc(C2=CC3=C(C=CC4C=CCCC34)C3CCCCC23)nc(-c2ccccc2O)n1. The van der Waals surface area contributed by atoms with E-state index in [0.717, 1.165) is 18.5 Å². The maximum Gasteiger partial charge on any atom is 0.217 e. The third kappa shape index (κ3) is 4.13. The van der Waals surface area contributed by atoms with Crippen LogP contribution in [-0.2, 0) is 0 Å². The zero-order chi connectivity index (χ0) is 23.8. The van der Waals surface area contributed by atoms with Crippen molar-refractivity contribution in [1.82, 2.24) is 9.97 Å². The first-order chi connectivity index (χ1) is 17.2. The van der Waals surface area contributed by atoms with E-state index >= 15 is 0 Å². The van der Waals surface area contributed by atoms with Gasteiger partial charge in [-0.25, -0.2) is 4.98 Å². The van der Waals surface area contributed by atoms with Crippen LogP contribution in [0.2, 0.25) is 0 Å². The van der Waals surface area contributed by atoms with E-state index in [2.05, 4.69) is 37.3 Å². The molecule has 1 aromatic carbocycles. The summed E-state index contributed by atoms with van der Waals surface area (Å²) in [6, 6.07) is 9.34. The lowest BCUT2D eigenvalue weighted by Crippen LogP contribution is -2.31. The molecule has 0 bridgehead atoms. The molecule has 6 rings (SSSR count). The third-order valence-electron chi connectivity index (χ3n) is 8.17. The van der Waals surface area contributed by atoms with Crippen LogP contribution in [0.25, 0.3) is 17.0 Å². The molecule has 0 spiro atoms. The van der Waals surface area contributed by atoms with Crippen molar-refractivity contribution in [1.29, 1.82) is 0 Å². The first-order valence-corrected chi connectivity index (χ1v) is 13.3. The molecule has 4 heteroatoms. The largest absolute Gasteiger partial charge is 0.507 e. The van der Waals surface area contributed by atoms with Crippen molar-refractivity contribution in [3.8, 4) is 23.0 Å². The molecule has 0 aliphatic heterocycles. The highest BCUT2D eigenvalue weighted by molar-refractivity contribution is 5.75. The van der Waals surface area contributed by atoms with Gasteiger partial charge < -0.3 is 9.84 Å². The van der Waals surface area contributed by atoms with Crippen molar-refractivity contribution in [2.75, 3.05) is 6.61 Å². The number of para-hydroxylation sites is 1. The van der Waals surface area contributed by atoms with Gasteiger partial charge in [-0.3, -0.25) is 0 Å². The minimum atomic E-state index is 0.193. The zero-order valence-electron chi connectivity index (χ0n) is 20.5. The number of nitrogens with zero attached hydrogens (tertiary/aromatic N) is 2. The molecule has 4 aliphatic carbocycles. The number of benzene rings is 1. The summed E-state index contributed by atoms with van der Waals surface area (Å²) in [6.07, 6.45) is 20.4. The number of phenolic OH excluding ortho intramolecular Hbond substituents is 1. The predicted octanol–water partition coefficient (Wildman–Crippen LogP) is 7.29. The van der Waals surface area contributed by atoms with Crippen molar-refractivity contribution >= 4 is 5.57 Å². The van der Waals surface area contributed by atoms with Crippen LogP contribution in [0, 0.1) is 23.7 Å². The maximum absolute atomic E-state index is 10.5. The highest BCUT2D eigenvalue weighted by Gasteiger charge is 2.39. The molecular formula is C31H34N2O2. The lowest BCUT2D eigenvalue weighted by molar-refractivity contribution is 0.304. The van der Waals surface area contributed by atoms with Crippen molar-refractivity contribution in [3.63, 3.8) is 0 Å². The molecule has 1 aromatic heterocycles.